The highest BCUT2D eigenvalue weighted by molar-refractivity contribution is 5.49. The van der Waals surface area contributed by atoms with Gasteiger partial charge in [-0.3, -0.25) is 4.90 Å². The van der Waals surface area contributed by atoms with Crippen LogP contribution >= 0.6 is 0 Å². The molecule has 0 amide bonds. The molecule has 0 radical (unpaired) electrons. The van der Waals surface area contributed by atoms with Gasteiger partial charge in [0.05, 0.1) is 14.2 Å². The fourth-order valence-electron chi connectivity index (χ4n) is 3.22. The van der Waals surface area contributed by atoms with E-state index in [4.69, 9.17) is 14.2 Å². The van der Waals surface area contributed by atoms with Crippen LogP contribution < -0.4 is 14.2 Å². The number of rotatable bonds is 5. The van der Waals surface area contributed by atoms with Crippen molar-refractivity contribution < 1.29 is 18.6 Å². The van der Waals surface area contributed by atoms with Crippen molar-refractivity contribution in [2.75, 3.05) is 33.9 Å². The summed E-state index contributed by atoms with van der Waals surface area (Å²) in [7, 11) is 3.28. The fourth-order valence-corrected chi connectivity index (χ4v) is 3.22. The van der Waals surface area contributed by atoms with Gasteiger partial charge in [0.2, 0.25) is 0 Å². The molecular weight excluding hydrogens is 321 g/mol. The lowest BCUT2D eigenvalue weighted by Crippen LogP contribution is -2.30. The van der Waals surface area contributed by atoms with E-state index in [0.717, 1.165) is 37.4 Å². The van der Waals surface area contributed by atoms with Crippen LogP contribution in [0.1, 0.15) is 24.2 Å². The van der Waals surface area contributed by atoms with E-state index in [1.807, 2.05) is 12.1 Å². The first-order chi connectivity index (χ1) is 12.1. The Morgan fingerprint density at radius 3 is 2.40 bits per heavy atom. The second-order valence-electron chi connectivity index (χ2n) is 6.11. The van der Waals surface area contributed by atoms with Gasteiger partial charge in [-0.1, -0.05) is 6.92 Å². The Labute approximate surface area is 148 Å². The second kappa shape index (κ2) is 7.74. The number of likely N-dealkylation sites (N-methyl/N-ethyl adjacent to an activating group) is 1. The molecular formula is C20H24FNO3. The maximum absolute atomic E-state index is 13.2. The molecule has 3 rings (SSSR count). The lowest BCUT2D eigenvalue weighted by molar-refractivity contribution is 0.144. The predicted molar refractivity (Wildman–Crippen MR) is 95.1 cm³/mol. The van der Waals surface area contributed by atoms with Crippen LogP contribution in [-0.2, 0) is 6.42 Å². The van der Waals surface area contributed by atoms with Crippen LogP contribution in [-0.4, -0.2) is 38.8 Å². The molecule has 0 fully saturated rings. The Hall–Kier alpha value is -2.27. The van der Waals surface area contributed by atoms with E-state index in [1.165, 1.54) is 17.7 Å². The first-order valence-corrected chi connectivity index (χ1v) is 8.54. The summed E-state index contributed by atoms with van der Waals surface area (Å²) < 4.78 is 30.3. The van der Waals surface area contributed by atoms with Crippen molar-refractivity contribution in [3.8, 4) is 17.2 Å². The van der Waals surface area contributed by atoms with E-state index in [-0.39, 0.29) is 11.9 Å². The Balaban J connectivity index is 1.98. The van der Waals surface area contributed by atoms with Gasteiger partial charge in [0.15, 0.2) is 11.5 Å². The monoisotopic (exact) mass is 345 g/mol. The highest BCUT2D eigenvalue weighted by atomic mass is 19.1. The summed E-state index contributed by atoms with van der Waals surface area (Å²) in [4.78, 5) is 2.35. The number of hydrogen-bond donors (Lipinski definition) is 0. The van der Waals surface area contributed by atoms with E-state index in [9.17, 15) is 4.39 Å². The molecule has 0 aliphatic carbocycles. The molecule has 2 aromatic rings. The van der Waals surface area contributed by atoms with Gasteiger partial charge in [0.25, 0.3) is 0 Å². The highest BCUT2D eigenvalue weighted by Crippen LogP contribution is 2.37. The number of fused-ring (bicyclic) bond motifs is 1. The summed E-state index contributed by atoms with van der Waals surface area (Å²) in [6.45, 7) is 4.83. The van der Waals surface area contributed by atoms with Gasteiger partial charge in [-0.05, 0) is 54.9 Å². The van der Waals surface area contributed by atoms with E-state index in [1.54, 1.807) is 26.4 Å². The van der Waals surface area contributed by atoms with Gasteiger partial charge in [0.1, 0.15) is 17.7 Å². The lowest BCUT2D eigenvalue weighted by atomic mass is 10.00. The number of hydrogen-bond acceptors (Lipinski definition) is 4. The first-order valence-electron chi connectivity index (χ1n) is 8.54. The summed E-state index contributed by atoms with van der Waals surface area (Å²) in [5.41, 5.74) is 2.29. The predicted octanol–water partition coefficient (Wildman–Crippen LogP) is 3.84. The van der Waals surface area contributed by atoms with Crippen LogP contribution in [0.4, 0.5) is 4.39 Å². The topological polar surface area (TPSA) is 30.9 Å². The van der Waals surface area contributed by atoms with Gasteiger partial charge in [-0.25, -0.2) is 4.39 Å². The summed E-state index contributed by atoms with van der Waals surface area (Å²) in [6.07, 6.45) is 0.773. The van der Waals surface area contributed by atoms with Gasteiger partial charge >= 0.3 is 0 Å². The fraction of sp³-hybridized carbons (Fsp3) is 0.400. The third kappa shape index (κ3) is 3.87. The van der Waals surface area contributed by atoms with Gasteiger partial charge in [-0.15, -0.1) is 0 Å². The number of methoxy groups -OCH3 is 2. The maximum Gasteiger partial charge on any atom is 0.161 e. The summed E-state index contributed by atoms with van der Waals surface area (Å²) in [6, 6.07) is 10.2. The van der Waals surface area contributed by atoms with Crippen LogP contribution in [0.25, 0.3) is 0 Å². The van der Waals surface area contributed by atoms with Gasteiger partial charge in [0, 0.05) is 18.7 Å². The Kier molecular flexibility index (Phi) is 5.43. The van der Waals surface area contributed by atoms with Crippen LogP contribution in [0.2, 0.25) is 0 Å². The molecule has 0 saturated heterocycles. The molecule has 25 heavy (non-hydrogen) atoms. The third-order valence-electron chi connectivity index (χ3n) is 4.65. The van der Waals surface area contributed by atoms with E-state index >= 15 is 0 Å². The second-order valence-corrected chi connectivity index (χ2v) is 6.11. The van der Waals surface area contributed by atoms with Crippen molar-refractivity contribution in [2.45, 2.75) is 19.4 Å². The normalized spacial score (nSPS) is 17.5. The van der Waals surface area contributed by atoms with Crippen molar-refractivity contribution >= 4 is 0 Å². The quantitative estimate of drug-likeness (QED) is 0.824. The van der Waals surface area contributed by atoms with Crippen LogP contribution in [0.15, 0.2) is 36.4 Å². The SMILES string of the molecule is CCN1CCc2cc(OC)c(OC)cc2C(Oc2ccc(F)cc2)C1. The molecule has 0 N–H and O–H groups in total. The number of nitrogens with zero attached hydrogens (tertiary/aromatic N) is 1. The van der Waals surface area contributed by atoms with Gasteiger partial charge < -0.3 is 14.2 Å². The van der Waals surface area contributed by atoms with Crippen molar-refractivity contribution in [1.82, 2.24) is 4.90 Å². The van der Waals surface area contributed by atoms with E-state index in [2.05, 4.69) is 11.8 Å². The van der Waals surface area contributed by atoms with E-state index in [0.29, 0.717) is 11.5 Å². The van der Waals surface area contributed by atoms with Crippen molar-refractivity contribution in [1.29, 1.82) is 0 Å². The van der Waals surface area contributed by atoms with Crippen molar-refractivity contribution in [2.24, 2.45) is 0 Å². The first kappa shape index (κ1) is 17.5. The minimum absolute atomic E-state index is 0.150. The minimum Gasteiger partial charge on any atom is -0.493 e. The van der Waals surface area contributed by atoms with Crippen LogP contribution in [0.3, 0.4) is 0 Å². The summed E-state index contributed by atoms with van der Waals surface area (Å²) >= 11 is 0. The smallest absolute Gasteiger partial charge is 0.161 e. The van der Waals surface area contributed by atoms with E-state index < -0.39 is 0 Å². The molecule has 0 aromatic heterocycles. The average molecular weight is 345 g/mol. The molecule has 1 aliphatic rings. The van der Waals surface area contributed by atoms with Crippen molar-refractivity contribution in [3.63, 3.8) is 0 Å². The number of ether oxygens (including phenoxy) is 3. The van der Waals surface area contributed by atoms with Crippen LogP contribution in [0, 0.1) is 5.82 Å². The minimum atomic E-state index is -0.268. The Morgan fingerprint density at radius 1 is 1.08 bits per heavy atom. The zero-order valence-electron chi connectivity index (χ0n) is 14.9. The molecule has 1 unspecified atom stereocenters. The molecule has 5 heteroatoms. The Bertz CT molecular complexity index is 718. The van der Waals surface area contributed by atoms with Gasteiger partial charge in [-0.2, -0.15) is 0 Å². The lowest BCUT2D eigenvalue weighted by Gasteiger charge is -2.25. The summed E-state index contributed by atoms with van der Waals surface area (Å²) in [5.74, 6) is 1.81. The molecule has 1 heterocycles. The molecule has 2 aromatic carbocycles. The zero-order chi connectivity index (χ0) is 17.8. The molecule has 0 spiro atoms. The molecule has 134 valence electrons. The molecule has 1 atom stereocenters. The standard InChI is InChI=1S/C20H24FNO3/c1-4-22-10-9-14-11-18(23-2)19(24-3)12-17(14)20(13-22)25-16-7-5-15(21)6-8-16/h5-8,11-12,20H,4,9-10,13H2,1-3H3. The highest BCUT2D eigenvalue weighted by Gasteiger charge is 2.26. The number of halogens is 1. The molecule has 1 aliphatic heterocycles. The Morgan fingerprint density at radius 2 is 1.76 bits per heavy atom. The average Bonchev–Trinajstić information content (AvgIpc) is 2.81. The van der Waals surface area contributed by atoms with Crippen LogP contribution in [0.5, 0.6) is 17.2 Å². The van der Waals surface area contributed by atoms with Crippen molar-refractivity contribution in [3.05, 3.63) is 53.3 Å². The molecule has 0 bridgehead atoms. The summed E-state index contributed by atoms with van der Waals surface area (Å²) in [5, 5.41) is 0. The number of benzene rings is 2. The maximum atomic E-state index is 13.2. The zero-order valence-corrected chi connectivity index (χ0v) is 14.9. The molecule has 0 saturated carbocycles. The molecule has 4 nitrogen and oxygen atoms in total. The third-order valence-corrected chi connectivity index (χ3v) is 4.65. The largest absolute Gasteiger partial charge is 0.493 e.